The Bertz CT molecular complexity index is 669. The summed E-state index contributed by atoms with van der Waals surface area (Å²) >= 11 is 0. The Morgan fingerprint density at radius 1 is 1.52 bits per heavy atom. The fraction of sp³-hybridized carbons (Fsp3) is 0.600. The van der Waals surface area contributed by atoms with Gasteiger partial charge in [0.15, 0.2) is 11.8 Å². The van der Waals surface area contributed by atoms with Crippen LogP contribution < -0.4 is 10.6 Å². The second kappa shape index (κ2) is 9.70. The molecule has 0 aromatic carbocycles. The molecule has 0 fully saturated rings. The number of ether oxygens (including phenoxy) is 1. The molecule has 1 aliphatic rings. The van der Waals surface area contributed by atoms with Crippen molar-refractivity contribution in [2.75, 3.05) is 13.7 Å². The van der Waals surface area contributed by atoms with Crippen molar-refractivity contribution >= 4 is 29.9 Å². The number of aromatic amines is 1. The van der Waals surface area contributed by atoms with E-state index < -0.39 is 0 Å². The van der Waals surface area contributed by atoms with Crippen molar-refractivity contribution < 1.29 is 4.74 Å². The molecule has 3 rings (SSSR count). The van der Waals surface area contributed by atoms with E-state index in [-0.39, 0.29) is 30.0 Å². The normalized spacial score (nSPS) is 16.9. The van der Waals surface area contributed by atoms with Gasteiger partial charge in [0.2, 0.25) is 0 Å². The summed E-state index contributed by atoms with van der Waals surface area (Å²) in [6.07, 6.45) is 3.63. The van der Waals surface area contributed by atoms with E-state index in [0.29, 0.717) is 13.2 Å². The summed E-state index contributed by atoms with van der Waals surface area (Å²) in [4.78, 5) is 9.10. The largest absolute Gasteiger partial charge is 0.377 e. The number of rotatable bonds is 6. The molecule has 2 aromatic heterocycles. The average Bonchev–Trinajstić information content (AvgIpc) is 3.21. The number of fused-ring (bicyclic) bond motifs is 1. The van der Waals surface area contributed by atoms with E-state index in [1.54, 1.807) is 13.3 Å². The lowest BCUT2D eigenvalue weighted by Crippen LogP contribution is -2.47. The molecule has 25 heavy (non-hydrogen) atoms. The quantitative estimate of drug-likeness (QED) is 0.335. The van der Waals surface area contributed by atoms with Crippen LogP contribution in [0, 0.1) is 0 Å². The molecule has 138 valence electrons. The second-order valence-corrected chi connectivity index (χ2v) is 5.72. The maximum absolute atomic E-state index is 5.11. The molecule has 1 atom stereocenters. The molecule has 0 spiro atoms. The predicted octanol–water partition coefficient (Wildman–Crippen LogP) is 0.836. The Balaban J connectivity index is 0.00000225. The summed E-state index contributed by atoms with van der Waals surface area (Å²) in [7, 11) is 1.66. The number of guanidine groups is 1. The van der Waals surface area contributed by atoms with Crippen LogP contribution in [0.2, 0.25) is 0 Å². The molecule has 0 saturated carbocycles. The van der Waals surface area contributed by atoms with Crippen molar-refractivity contribution in [3.05, 3.63) is 29.6 Å². The fourth-order valence-corrected chi connectivity index (χ4v) is 2.72. The zero-order valence-corrected chi connectivity index (χ0v) is 16.9. The fourth-order valence-electron chi connectivity index (χ4n) is 2.72. The minimum Gasteiger partial charge on any atom is -0.377 e. The third-order valence-electron chi connectivity index (χ3n) is 3.83. The van der Waals surface area contributed by atoms with Gasteiger partial charge >= 0.3 is 0 Å². The minimum atomic E-state index is 0. The van der Waals surface area contributed by atoms with Crippen molar-refractivity contribution in [3.63, 3.8) is 0 Å². The van der Waals surface area contributed by atoms with Crippen molar-refractivity contribution in [3.8, 4) is 0 Å². The van der Waals surface area contributed by atoms with Crippen LogP contribution in [-0.4, -0.2) is 50.6 Å². The molecule has 0 amide bonds. The first kappa shape index (κ1) is 19.6. The van der Waals surface area contributed by atoms with E-state index in [1.165, 1.54) is 0 Å². The molecule has 10 heteroatoms. The van der Waals surface area contributed by atoms with Crippen LogP contribution in [-0.2, 0) is 30.9 Å². The first-order valence-corrected chi connectivity index (χ1v) is 8.23. The molecular weight excluding hydrogens is 435 g/mol. The van der Waals surface area contributed by atoms with E-state index in [4.69, 9.17) is 4.74 Å². The van der Waals surface area contributed by atoms with E-state index >= 15 is 0 Å². The lowest BCUT2D eigenvalue weighted by Gasteiger charge is -2.25. The Hall–Kier alpha value is -1.69. The first-order chi connectivity index (χ1) is 11.8. The molecule has 2 aromatic rings. The third kappa shape index (κ3) is 5.39. The second-order valence-electron chi connectivity index (χ2n) is 5.72. The summed E-state index contributed by atoms with van der Waals surface area (Å²) < 4.78 is 7.07. The van der Waals surface area contributed by atoms with Gasteiger partial charge in [-0.2, -0.15) is 10.2 Å². The molecule has 3 heterocycles. The molecular formula is C15H25IN8O. The molecule has 0 saturated heterocycles. The van der Waals surface area contributed by atoms with Gasteiger partial charge in [0, 0.05) is 32.3 Å². The van der Waals surface area contributed by atoms with Gasteiger partial charge in [-0.1, -0.05) is 0 Å². The van der Waals surface area contributed by atoms with Crippen molar-refractivity contribution in [1.82, 2.24) is 35.6 Å². The summed E-state index contributed by atoms with van der Waals surface area (Å²) in [5.41, 5.74) is 0.985. The van der Waals surface area contributed by atoms with E-state index in [9.17, 15) is 0 Å². The number of hydrogen-bond donors (Lipinski definition) is 3. The number of aromatic nitrogens is 5. The SMILES string of the molecule is CCNC(=NCc1ccn[nH]1)NC1CCc2nc(COC)nn2C1.I. The van der Waals surface area contributed by atoms with Crippen LogP contribution in [0.5, 0.6) is 0 Å². The highest BCUT2D eigenvalue weighted by atomic mass is 127. The molecule has 3 N–H and O–H groups in total. The number of aliphatic imine (C=N–C) groups is 1. The molecule has 1 unspecified atom stereocenters. The van der Waals surface area contributed by atoms with Gasteiger partial charge in [0.1, 0.15) is 12.4 Å². The van der Waals surface area contributed by atoms with Crippen LogP contribution in [0.4, 0.5) is 0 Å². The maximum atomic E-state index is 5.11. The summed E-state index contributed by atoms with van der Waals surface area (Å²) in [5, 5.41) is 18.1. The van der Waals surface area contributed by atoms with Gasteiger partial charge in [-0.3, -0.25) is 5.10 Å². The van der Waals surface area contributed by atoms with Gasteiger partial charge in [0.25, 0.3) is 0 Å². The van der Waals surface area contributed by atoms with E-state index in [0.717, 1.165) is 49.2 Å². The highest BCUT2D eigenvalue weighted by Gasteiger charge is 2.22. The first-order valence-electron chi connectivity index (χ1n) is 8.23. The van der Waals surface area contributed by atoms with Gasteiger partial charge < -0.3 is 15.4 Å². The molecule has 1 aliphatic heterocycles. The average molecular weight is 460 g/mol. The number of halogens is 1. The Labute approximate surface area is 164 Å². The van der Waals surface area contributed by atoms with Crippen molar-refractivity contribution in [1.29, 1.82) is 0 Å². The van der Waals surface area contributed by atoms with Crippen LogP contribution in [0.3, 0.4) is 0 Å². The zero-order chi connectivity index (χ0) is 16.8. The summed E-state index contributed by atoms with van der Waals surface area (Å²) in [5.74, 6) is 2.57. The predicted molar refractivity (Wildman–Crippen MR) is 105 cm³/mol. The van der Waals surface area contributed by atoms with Gasteiger partial charge in [-0.05, 0) is 19.4 Å². The number of nitrogens with zero attached hydrogens (tertiary/aromatic N) is 5. The maximum Gasteiger partial charge on any atom is 0.191 e. The molecule has 0 bridgehead atoms. The highest BCUT2D eigenvalue weighted by Crippen LogP contribution is 2.13. The van der Waals surface area contributed by atoms with E-state index in [1.807, 2.05) is 10.7 Å². The minimum absolute atomic E-state index is 0. The van der Waals surface area contributed by atoms with Gasteiger partial charge in [-0.15, -0.1) is 24.0 Å². The monoisotopic (exact) mass is 460 g/mol. The lowest BCUT2D eigenvalue weighted by atomic mass is 10.1. The molecule has 0 radical (unpaired) electrons. The summed E-state index contributed by atoms with van der Waals surface area (Å²) in [6.45, 7) is 4.66. The van der Waals surface area contributed by atoms with Gasteiger partial charge in [-0.25, -0.2) is 14.7 Å². The standard InChI is InChI=1S/C15H24N8O.HI/c1-3-16-15(17-8-11-6-7-18-21-11)19-12-4-5-14-20-13(10-24-2)22-23(14)9-12;/h6-7,12H,3-5,8-10H2,1-2H3,(H,18,21)(H2,16,17,19);1H. The Kier molecular flexibility index (Phi) is 7.62. The molecule has 9 nitrogen and oxygen atoms in total. The smallest absolute Gasteiger partial charge is 0.191 e. The van der Waals surface area contributed by atoms with Crippen LogP contribution >= 0.6 is 24.0 Å². The number of methoxy groups -OCH3 is 1. The molecule has 0 aliphatic carbocycles. The van der Waals surface area contributed by atoms with Crippen LogP contribution in [0.25, 0.3) is 0 Å². The van der Waals surface area contributed by atoms with Crippen molar-refractivity contribution in [2.45, 2.75) is 45.5 Å². The van der Waals surface area contributed by atoms with E-state index in [2.05, 4.69) is 42.8 Å². The number of aryl methyl sites for hydroxylation is 1. The van der Waals surface area contributed by atoms with Crippen LogP contribution in [0.1, 0.15) is 30.7 Å². The number of nitrogens with one attached hydrogen (secondary N) is 3. The summed E-state index contributed by atoms with van der Waals surface area (Å²) in [6, 6.07) is 2.20. The van der Waals surface area contributed by atoms with Gasteiger partial charge in [0.05, 0.1) is 18.8 Å². The third-order valence-corrected chi connectivity index (χ3v) is 3.83. The number of H-pyrrole nitrogens is 1. The zero-order valence-electron chi connectivity index (χ0n) is 14.5. The Morgan fingerprint density at radius 3 is 3.12 bits per heavy atom. The highest BCUT2D eigenvalue weighted by molar-refractivity contribution is 14.0. The lowest BCUT2D eigenvalue weighted by molar-refractivity contribution is 0.177. The van der Waals surface area contributed by atoms with Crippen molar-refractivity contribution in [2.24, 2.45) is 4.99 Å². The van der Waals surface area contributed by atoms with Crippen LogP contribution in [0.15, 0.2) is 17.3 Å². The topological polar surface area (TPSA) is 105 Å². The number of hydrogen-bond acceptors (Lipinski definition) is 5. The Morgan fingerprint density at radius 2 is 2.40 bits per heavy atom.